The molecule has 124 valence electrons. The number of aliphatic hydroxyl groups is 1. The molecule has 2 rings (SSSR count). The van der Waals surface area contributed by atoms with E-state index < -0.39 is 6.10 Å². The summed E-state index contributed by atoms with van der Waals surface area (Å²) in [6.45, 7) is 3.89. The fourth-order valence-corrected chi connectivity index (χ4v) is 3.10. The van der Waals surface area contributed by atoms with Crippen molar-refractivity contribution in [1.29, 1.82) is 0 Å². The van der Waals surface area contributed by atoms with Crippen LogP contribution in [0.4, 0.5) is 0 Å². The van der Waals surface area contributed by atoms with Crippen molar-refractivity contribution in [3.63, 3.8) is 0 Å². The van der Waals surface area contributed by atoms with Gasteiger partial charge in [0.1, 0.15) is 0 Å². The monoisotopic (exact) mass is 306 g/mol. The highest BCUT2D eigenvalue weighted by Crippen LogP contribution is 2.17. The van der Waals surface area contributed by atoms with Crippen molar-refractivity contribution < 1.29 is 9.84 Å². The Morgan fingerprint density at radius 2 is 2.14 bits per heavy atom. The van der Waals surface area contributed by atoms with Crippen LogP contribution in [0.3, 0.4) is 0 Å². The van der Waals surface area contributed by atoms with Crippen molar-refractivity contribution in [3.8, 4) is 0 Å². The third-order valence-electron chi connectivity index (χ3n) is 4.46. The molecule has 0 amide bonds. The van der Waals surface area contributed by atoms with E-state index in [-0.39, 0.29) is 0 Å². The quantitative estimate of drug-likeness (QED) is 0.757. The smallest absolute Gasteiger partial charge is 0.0900 e. The molecule has 0 unspecified atom stereocenters. The van der Waals surface area contributed by atoms with Crippen LogP contribution < -0.4 is 0 Å². The molecule has 1 N–H and O–H groups in total. The Hall–Kier alpha value is -0.940. The van der Waals surface area contributed by atoms with Gasteiger partial charge in [0.15, 0.2) is 0 Å². The van der Waals surface area contributed by atoms with Gasteiger partial charge in [-0.15, -0.1) is 0 Å². The zero-order chi connectivity index (χ0) is 15.8. The van der Waals surface area contributed by atoms with Crippen molar-refractivity contribution in [2.24, 2.45) is 0 Å². The summed E-state index contributed by atoms with van der Waals surface area (Å²) in [5, 5.41) is 10.1. The van der Waals surface area contributed by atoms with Gasteiger partial charge < -0.3 is 19.6 Å². The predicted molar refractivity (Wildman–Crippen MR) is 89.9 cm³/mol. The largest absolute Gasteiger partial charge is 0.389 e. The molecule has 0 aromatic heterocycles. The summed E-state index contributed by atoms with van der Waals surface area (Å²) in [7, 11) is 4.29. The summed E-state index contributed by atoms with van der Waals surface area (Å²) in [4.78, 5) is 4.66. The van der Waals surface area contributed by atoms with Gasteiger partial charge in [-0.3, -0.25) is 0 Å². The maximum absolute atomic E-state index is 10.1. The summed E-state index contributed by atoms with van der Waals surface area (Å²) in [6.07, 6.45) is 3.40. The Kier molecular flexibility index (Phi) is 7.33. The van der Waals surface area contributed by atoms with Crippen molar-refractivity contribution in [3.05, 3.63) is 35.9 Å². The second-order valence-electron chi connectivity index (χ2n) is 6.48. The van der Waals surface area contributed by atoms with Crippen LogP contribution in [-0.2, 0) is 11.3 Å². The van der Waals surface area contributed by atoms with E-state index in [0.717, 1.165) is 12.1 Å². The maximum Gasteiger partial charge on any atom is 0.0900 e. The third kappa shape index (κ3) is 6.05. The first kappa shape index (κ1) is 17.4. The Morgan fingerprint density at radius 3 is 2.82 bits per heavy atom. The summed E-state index contributed by atoms with van der Waals surface area (Å²) >= 11 is 0. The molecule has 0 saturated carbocycles. The van der Waals surface area contributed by atoms with Crippen molar-refractivity contribution in [1.82, 2.24) is 9.80 Å². The lowest BCUT2D eigenvalue weighted by molar-refractivity contribution is 0.0130. The van der Waals surface area contributed by atoms with E-state index >= 15 is 0 Å². The lowest BCUT2D eigenvalue weighted by Crippen LogP contribution is -2.35. The zero-order valence-corrected chi connectivity index (χ0v) is 13.9. The molecule has 0 spiro atoms. The molecule has 1 saturated heterocycles. The van der Waals surface area contributed by atoms with Gasteiger partial charge in [0.25, 0.3) is 0 Å². The molecule has 22 heavy (non-hydrogen) atoms. The molecular formula is C18H30N2O2. The highest BCUT2D eigenvalue weighted by atomic mass is 16.5. The second-order valence-corrected chi connectivity index (χ2v) is 6.48. The first-order valence-corrected chi connectivity index (χ1v) is 8.33. The normalized spacial score (nSPS) is 20.6. The summed E-state index contributed by atoms with van der Waals surface area (Å²) in [5.41, 5.74) is 1.15. The lowest BCUT2D eigenvalue weighted by Gasteiger charge is -2.24. The fraction of sp³-hybridized carbons (Fsp3) is 0.667. The SMILES string of the molecule is CN(CC[C@@H]1CCCN1C)C[C@@H](O)COCc1ccccc1. The van der Waals surface area contributed by atoms with Crippen LogP contribution in [0.25, 0.3) is 0 Å². The molecule has 1 aromatic carbocycles. The molecule has 4 nitrogen and oxygen atoms in total. The maximum atomic E-state index is 10.1. The van der Waals surface area contributed by atoms with Crippen LogP contribution in [0.1, 0.15) is 24.8 Å². The number of ether oxygens (including phenoxy) is 1. The molecule has 1 aliphatic rings. The van der Waals surface area contributed by atoms with Gasteiger partial charge in [-0.25, -0.2) is 0 Å². The number of rotatable bonds is 9. The molecule has 1 heterocycles. The van der Waals surface area contributed by atoms with Gasteiger partial charge in [0, 0.05) is 12.6 Å². The van der Waals surface area contributed by atoms with Crippen LogP contribution in [-0.4, -0.2) is 67.4 Å². The Bertz CT molecular complexity index is 413. The number of nitrogens with zero attached hydrogens (tertiary/aromatic N) is 2. The molecule has 0 bridgehead atoms. The molecule has 0 radical (unpaired) electrons. The summed E-state index contributed by atoms with van der Waals surface area (Å²) < 4.78 is 5.59. The van der Waals surface area contributed by atoms with Gasteiger partial charge in [0.2, 0.25) is 0 Å². The van der Waals surface area contributed by atoms with Gasteiger partial charge in [0.05, 0.1) is 19.3 Å². The van der Waals surface area contributed by atoms with E-state index in [1.807, 2.05) is 30.3 Å². The van der Waals surface area contributed by atoms with Crippen LogP contribution in [0.5, 0.6) is 0 Å². The number of benzene rings is 1. The van der Waals surface area contributed by atoms with Crippen LogP contribution in [0.2, 0.25) is 0 Å². The number of hydrogen-bond acceptors (Lipinski definition) is 4. The Labute approximate surface area is 134 Å². The van der Waals surface area contributed by atoms with Crippen LogP contribution >= 0.6 is 0 Å². The molecule has 0 aliphatic carbocycles. The van der Waals surface area contributed by atoms with Crippen molar-refractivity contribution in [2.75, 3.05) is 40.3 Å². The number of likely N-dealkylation sites (N-methyl/N-ethyl adjacent to an activating group) is 1. The Morgan fingerprint density at radius 1 is 1.36 bits per heavy atom. The number of likely N-dealkylation sites (tertiary alicyclic amines) is 1. The molecular weight excluding hydrogens is 276 g/mol. The minimum Gasteiger partial charge on any atom is -0.389 e. The second kappa shape index (κ2) is 9.26. The van der Waals surface area contributed by atoms with E-state index in [1.54, 1.807) is 0 Å². The minimum absolute atomic E-state index is 0.391. The number of aliphatic hydroxyl groups excluding tert-OH is 1. The summed E-state index contributed by atoms with van der Waals surface area (Å²) in [6, 6.07) is 10.8. The first-order valence-electron chi connectivity index (χ1n) is 8.33. The minimum atomic E-state index is -0.421. The van der Waals surface area contributed by atoms with Gasteiger partial charge in [-0.1, -0.05) is 30.3 Å². The highest BCUT2D eigenvalue weighted by molar-refractivity contribution is 5.13. The van der Waals surface area contributed by atoms with Gasteiger partial charge in [-0.05, 0) is 52.0 Å². The first-order chi connectivity index (χ1) is 10.6. The van der Waals surface area contributed by atoms with E-state index in [2.05, 4.69) is 23.9 Å². The van der Waals surface area contributed by atoms with Gasteiger partial charge >= 0.3 is 0 Å². The zero-order valence-electron chi connectivity index (χ0n) is 13.9. The fourth-order valence-electron chi connectivity index (χ4n) is 3.10. The summed E-state index contributed by atoms with van der Waals surface area (Å²) in [5.74, 6) is 0. The van der Waals surface area contributed by atoms with Gasteiger partial charge in [-0.2, -0.15) is 0 Å². The molecule has 1 aliphatic heterocycles. The highest BCUT2D eigenvalue weighted by Gasteiger charge is 2.21. The van der Waals surface area contributed by atoms with Crippen molar-refractivity contribution >= 4 is 0 Å². The van der Waals surface area contributed by atoms with E-state index in [4.69, 9.17) is 4.74 Å². The topological polar surface area (TPSA) is 35.9 Å². The van der Waals surface area contributed by atoms with Crippen LogP contribution in [0, 0.1) is 0 Å². The standard InChI is InChI=1S/C18H30N2O2/c1-19(12-10-17-9-6-11-20(17)2)13-18(21)15-22-14-16-7-4-3-5-8-16/h3-5,7-8,17-18,21H,6,9-15H2,1-2H3/t17-,18+/m0/s1. The average Bonchev–Trinajstić information content (AvgIpc) is 2.91. The average molecular weight is 306 g/mol. The molecule has 1 aromatic rings. The Balaban J connectivity index is 1.56. The van der Waals surface area contributed by atoms with E-state index in [0.29, 0.717) is 25.8 Å². The number of hydrogen-bond donors (Lipinski definition) is 1. The molecule has 1 fully saturated rings. The van der Waals surface area contributed by atoms with Crippen LogP contribution in [0.15, 0.2) is 30.3 Å². The van der Waals surface area contributed by atoms with E-state index in [1.165, 1.54) is 25.8 Å². The third-order valence-corrected chi connectivity index (χ3v) is 4.46. The lowest BCUT2D eigenvalue weighted by atomic mass is 10.1. The predicted octanol–water partition coefficient (Wildman–Crippen LogP) is 1.98. The van der Waals surface area contributed by atoms with E-state index in [9.17, 15) is 5.11 Å². The van der Waals surface area contributed by atoms with Crippen molar-refractivity contribution in [2.45, 2.75) is 38.0 Å². The molecule has 4 heteroatoms. The molecule has 2 atom stereocenters.